The molecular formula is C15H23N3O2. The Hall–Kier alpha value is -1.75. The van der Waals surface area contributed by atoms with E-state index in [-0.39, 0.29) is 0 Å². The van der Waals surface area contributed by atoms with Crippen LogP contribution < -0.4 is 10.5 Å². The maximum absolute atomic E-state index is 5.99. The Labute approximate surface area is 120 Å². The van der Waals surface area contributed by atoms with Crippen molar-refractivity contribution in [1.82, 2.24) is 4.90 Å². The summed E-state index contributed by atoms with van der Waals surface area (Å²) in [6.45, 7) is 6.48. The van der Waals surface area contributed by atoms with Crippen molar-refractivity contribution in [3.63, 3.8) is 0 Å². The molecule has 0 unspecified atom stereocenters. The lowest BCUT2D eigenvalue weighted by Crippen LogP contribution is -2.44. The lowest BCUT2D eigenvalue weighted by molar-refractivity contribution is 0.0674. The number of aliphatic imine (C=N–C) groups is 1. The summed E-state index contributed by atoms with van der Waals surface area (Å²) >= 11 is 0. The second kappa shape index (κ2) is 7.75. The van der Waals surface area contributed by atoms with Crippen LogP contribution in [0.1, 0.15) is 12.5 Å². The second-order valence-corrected chi connectivity index (χ2v) is 4.67. The molecule has 1 aromatic carbocycles. The van der Waals surface area contributed by atoms with E-state index >= 15 is 0 Å². The van der Waals surface area contributed by atoms with Gasteiger partial charge in [-0.2, -0.15) is 0 Å². The summed E-state index contributed by atoms with van der Waals surface area (Å²) in [6.07, 6.45) is 0.867. The van der Waals surface area contributed by atoms with Crippen molar-refractivity contribution in [2.24, 2.45) is 10.7 Å². The molecule has 2 rings (SSSR count). The Balaban J connectivity index is 1.83. The molecule has 1 aliphatic heterocycles. The van der Waals surface area contributed by atoms with Crippen molar-refractivity contribution in [3.8, 4) is 5.75 Å². The summed E-state index contributed by atoms with van der Waals surface area (Å²) in [7, 11) is 0. The van der Waals surface area contributed by atoms with Gasteiger partial charge in [-0.1, -0.05) is 12.1 Å². The molecular weight excluding hydrogens is 254 g/mol. The van der Waals surface area contributed by atoms with Crippen LogP contribution in [0.25, 0.3) is 0 Å². The topological polar surface area (TPSA) is 60.1 Å². The number of guanidine groups is 1. The molecule has 110 valence electrons. The molecule has 0 spiro atoms. The average molecular weight is 277 g/mol. The number of hydrogen-bond acceptors (Lipinski definition) is 3. The van der Waals surface area contributed by atoms with Gasteiger partial charge in [0, 0.05) is 19.6 Å². The first-order valence-corrected chi connectivity index (χ1v) is 7.14. The van der Waals surface area contributed by atoms with Crippen molar-refractivity contribution in [2.45, 2.75) is 13.3 Å². The van der Waals surface area contributed by atoms with E-state index in [1.165, 1.54) is 5.56 Å². The van der Waals surface area contributed by atoms with E-state index in [1.54, 1.807) is 0 Å². The zero-order valence-electron chi connectivity index (χ0n) is 12.0. The molecule has 2 N–H and O–H groups in total. The average Bonchev–Trinajstić information content (AvgIpc) is 2.49. The Morgan fingerprint density at radius 3 is 2.95 bits per heavy atom. The van der Waals surface area contributed by atoms with Gasteiger partial charge >= 0.3 is 0 Å². The SMILES string of the molecule is CCOc1cccc(CCN=C(N)N2CCOCC2)c1. The van der Waals surface area contributed by atoms with Crippen LogP contribution in [0.2, 0.25) is 0 Å². The number of ether oxygens (including phenoxy) is 2. The fourth-order valence-corrected chi connectivity index (χ4v) is 2.15. The van der Waals surface area contributed by atoms with Gasteiger partial charge in [-0.15, -0.1) is 0 Å². The molecule has 0 saturated carbocycles. The third-order valence-electron chi connectivity index (χ3n) is 3.22. The third kappa shape index (κ3) is 4.42. The van der Waals surface area contributed by atoms with Gasteiger partial charge in [0.1, 0.15) is 5.75 Å². The highest BCUT2D eigenvalue weighted by Crippen LogP contribution is 2.13. The lowest BCUT2D eigenvalue weighted by atomic mass is 10.1. The van der Waals surface area contributed by atoms with E-state index in [4.69, 9.17) is 15.2 Å². The van der Waals surface area contributed by atoms with Crippen LogP contribution >= 0.6 is 0 Å². The predicted octanol–water partition coefficient (Wildman–Crippen LogP) is 1.27. The molecule has 5 nitrogen and oxygen atoms in total. The van der Waals surface area contributed by atoms with E-state index in [1.807, 2.05) is 19.1 Å². The minimum absolute atomic E-state index is 0.620. The van der Waals surface area contributed by atoms with Crippen LogP contribution in [0.4, 0.5) is 0 Å². The van der Waals surface area contributed by atoms with Gasteiger partial charge in [-0.3, -0.25) is 4.99 Å². The number of nitrogens with zero attached hydrogens (tertiary/aromatic N) is 2. The van der Waals surface area contributed by atoms with Crippen molar-refractivity contribution >= 4 is 5.96 Å². The molecule has 0 amide bonds. The number of morpholine rings is 1. The van der Waals surface area contributed by atoms with Gasteiger partial charge in [0.15, 0.2) is 5.96 Å². The maximum atomic E-state index is 5.99. The van der Waals surface area contributed by atoms with Gasteiger partial charge in [0.05, 0.1) is 19.8 Å². The number of nitrogens with two attached hydrogens (primary N) is 1. The normalized spacial score (nSPS) is 16.2. The smallest absolute Gasteiger partial charge is 0.191 e. The number of rotatable bonds is 5. The zero-order chi connectivity index (χ0) is 14.2. The van der Waals surface area contributed by atoms with Gasteiger partial charge < -0.3 is 20.1 Å². The lowest BCUT2D eigenvalue weighted by Gasteiger charge is -2.27. The highest BCUT2D eigenvalue weighted by molar-refractivity contribution is 5.78. The Kier molecular flexibility index (Phi) is 5.68. The van der Waals surface area contributed by atoms with Crippen LogP contribution in [-0.2, 0) is 11.2 Å². The fourth-order valence-electron chi connectivity index (χ4n) is 2.15. The summed E-state index contributed by atoms with van der Waals surface area (Å²) in [4.78, 5) is 6.51. The Morgan fingerprint density at radius 1 is 1.40 bits per heavy atom. The van der Waals surface area contributed by atoms with Crippen LogP contribution in [0.5, 0.6) is 5.75 Å². The van der Waals surface area contributed by atoms with Gasteiger partial charge in [0.25, 0.3) is 0 Å². The second-order valence-electron chi connectivity index (χ2n) is 4.67. The van der Waals surface area contributed by atoms with Gasteiger partial charge in [-0.25, -0.2) is 0 Å². The molecule has 1 heterocycles. The van der Waals surface area contributed by atoms with Gasteiger partial charge in [0.2, 0.25) is 0 Å². The minimum Gasteiger partial charge on any atom is -0.494 e. The standard InChI is InChI=1S/C15H23N3O2/c1-2-20-14-5-3-4-13(12-14)6-7-17-15(16)18-8-10-19-11-9-18/h3-5,12H,2,6-11H2,1H3,(H2,16,17). The summed E-state index contributed by atoms with van der Waals surface area (Å²) < 4.78 is 10.8. The molecule has 1 saturated heterocycles. The minimum atomic E-state index is 0.620. The molecule has 1 fully saturated rings. The first kappa shape index (κ1) is 14.7. The van der Waals surface area contributed by atoms with Crippen LogP contribution in [-0.4, -0.2) is 50.3 Å². The van der Waals surface area contributed by atoms with E-state index in [0.717, 1.165) is 38.5 Å². The van der Waals surface area contributed by atoms with Crippen LogP contribution in [0.3, 0.4) is 0 Å². The van der Waals surface area contributed by atoms with E-state index in [9.17, 15) is 0 Å². The number of hydrogen-bond donors (Lipinski definition) is 1. The van der Waals surface area contributed by atoms with Gasteiger partial charge in [-0.05, 0) is 31.0 Å². The fraction of sp³-hybridized carbons (Fsp3) is 0.533. The summed E-state index contributed by atoms with van der Waals surface area (Å²) in [5.74, 6) is 1.53. The number of benzene rings is 1. The molecule has 20 heavy (non-hydrogen) atoms. The third-order valence-corrected chi connectivity index (χ3v) is 3.22. The van der Waals surface area contributed by atoms with Crippen molar-refractivity contribution in [2.75, 3.05) is 39.5 Å². The van der Waals surface area contributed by atoms with Crippen molar-refractivity contribution in [1.29, 1.82) is 0 Å². The summed E-state index contributed by atoms with van der Waals surface area (Å²) in [5.41, 5.74) is 7.20. The maximum Gasteiger partial charge on any atom is 0.191 e. The largest absolute Gasteiger partial charge is 0.494 e. The molecule has 1 aliphatic rings. The first-order chi connectivity index (χ1) is 9.79. The first-order valence-electron chi connectivity index (χ1n) is 7.14. The zero-order valence-corrected chi connectivity index (χ0v) is 12.0. The van der Waals surface area contributed by atoms with Crippen LogP contribution in [0, 0.1) is 0 Å². The Morgan fingerprint density at radius 2 is 2.20 bits per heavy atom. The molecule has 0 aromatic heterocycles. The Bertz CT molecular complexity index is 442. The highest BCUT2D eigenvalue weighted by Gasteiger charge is 2.11. The molecule has 5 heteroatoms. The molecule has 0 radical (unpaired) electrons. The summed E-state index contributed by atoms with van der Waals surface area (Å²) in [6, 6.07) is 8.13. The van der Waals surface area contributed by atoms with Crippen LogP contribution in [0.15, 0.2) is 29.3 Å². The highest BCUT2D eigenvalue weighted by atomic mass is 16.5. The summed E-state index contributed by atoms with van der Waals surface area (Å²) in [5, 5.41) is 0. The monoisotopic (exact) mass is 277 g/mol. The van der Waals surface area contributed by atoms with E-state index in [0.29, 0.717) is 19.1 Å². The van der Waals surface area contributed by atoms with Crippen molar-refractivity contribution in [3.05, 3.63) is 29.8 Å². The predicted molar refractivity (Wildman–Crippen MR) is 80.2 cm³/mol. The molecule has 0 aliphatic carbocycles. The molecule has 0 atom stereocenters. The molecule has 1 aromatic rings. The molecule has 0 bridgehead atoms. The quantitative estimate of drug-likeness (QED) is 0.650. The van der Waals surface area contributed by atoms with E-state index in [2.05, 4.69) is 22.0 Å². The van der Waals surface area contributed by atoms with Crippen molar-refractivity contribution < 1.29 is 9.47 Å². The van der Waals surface area contributed by atoms with E-state index < -0.39 is 0 Å².